The number of allylic oxidation sites excluding steroid dienone is 1. The van der Waals surface area contributed by atoms with Crippen LogP contribution in [0.4, 0.5) is 0 Å². The van der Waals surface area contributed by atoms with Crippen molar-refractivity contribution in [1.82, 2.24) is 0 Å². The predicted molar refractivity (Wildman–Crippen MR) is 68.2 cm³/mol. The van der Waals surface area contributed by atoms with Crippen LogP contribution in [0.15, 0.2) is 5.70 Å². The van der Waals surface area contributed by atoms with Crippen LogP contribution < -0.4 is 11.5 Å². The lowest BCUT2D eigenvalue weighted by atomic mass is 10.1. The van der Waals surface area contributed by atoms with Gasteiger partial charge in [-0.15, -0.1) is 0 Å². The summed E-state index contributed by atoms with van der Waals surface area (Å²) in [5.74, 6) is 1.69. The molecule has 0 spiro atoms. The highest BCUT2D eigenvalue weighted by molar-refractivity contribution is 5.50. The number of unbranched alkanes of at least 4 members (excludes halogenated alkanes) is 4. The Labute approximate surface area is 101 Å². The second kappa shape index (κ2) is 29.4. The van der Waals surface area contributed by atoms with E-state index >= 15 is 0 Å². The lowest BCUT2D eigenvalue weighted by Crippen LogP contribution is -1.99. The number of hydrogen-bond donors (Lipinski definition) is 2. The Morgan fingerprint density at radius 1 is 0.824 bits per heavy atom. The minimum absolute atomic E-state index is 0. The van der Waals surface area contributed by atoms with E-state index in [1.54, 1.807) is 5.94 Å². The minimum Gasteiger partial charge on any atom is -0.412 e. The van der Waals surface area contributed by atoms with Crippen molar-refractivity contribution < 1.29 is 32.2 Å². The fourth-order valence-corrected chi connectivity index (χ4v) is 1.04. The van der Waals surface area contributed by atoms with E-state index in [2.05, 4.69) is 0 Å². The van der Waals surface area contributed by atoms with Crippen LogP contribution in [-0.2, 0) is 4.79 Å². The van der Waals surface area contributed by atoms with E-state index < -0.39 is 0 Å². The van der Waals surface area contributed by atoms with Gasteiger partial charge in [0.05, 0.1) is 5.70 Å². The fraction of sp³-hybridized carbons (Fsp3) is 0.778. The van der Waals surface area contributed by atoms with Gasteiger partial charge in [-0.1, -0.05) is 19.3 Å². The zero-order valence-electron chi connectivity index (χ0n) is 10.0. The monoisotopic (exact) mass is 260 g/mol. The first-order chi connectivity index (χ1) is 5.81. The molecule has 0 bridgehead atoms. The lowest BCUT2D eigenvalue weighted by Gasteiger charge is -1.98. The van der Waals surface area contributed by atoms with E-state index in [4.69, 9.17) is 11.5 Å². The van der Waals surface area contributed by atoms with Gasteiger partial charge in [0.1, 0.15) is 5.94 Å². The number of rotatable bonds is 7. The summed E-state index contributed by atoms with van der Waals surface area (Å²) in [6, 6.07) is 0. The van der Waals surface area contributed by atoms with Crippen LogP contribution in [0.1, 0.15) is 38.5 Å². The first-order valence-corrected chi connectivity index (χ1v) is 4.50. The zero-order chi connectivity index (χ0) is 9.23. The Bertz CT molecular complexity index is 162. The van der Waals surface area contributed by atoms with E-state index in [0.29, 0.717) is 12.1 Å². The molecule has 8 heteroatoms. The maximum atomic E-state index is 9.97. The van der Waals surface area contributed by atoms with Crippen LogP contribution in [0.5, 0.6) is 0 Å². The largest absolute Gasteiger partial charge is 0.412 e. The molecule has 0 amide bonds. The third-order valence-corrected chi connectivity index (χ3v) is 1.78. The van der Waals surface area contributed by atoms with Crippen molar-refractivity contribution in [3.05, 3.63) is 5.70 Å². The average Bonchev–Trinajstić information content (AvgIpc) is 2.10. The van der Waals surface area contributed by atoms with Gasteiger partial charge in [0.25, 0.3) is 0 Å². The molecule has 8 nitrogen and oxygen atoms in total. The van der Waals surface area contributed by atoms with E-state index in [0.717, 1.165) is 25.8 Å². The third-order valence-electron chi connectivity index (χ3n) is 1.78. The fourth-order valence-electron chi connectivity index (χ4n) is 1.04. The lowest BCUT2D eigenvalue weighted by molar-refractivity contribution is 0.563. The van der Waals surface area contributed by atoms with E-state index in [1.165, 1.54) is 12.8 Å². The molecule has 0 aromatic rings. The predicted octanol–water partition coefficient (Wildman–Crippen LogP) is -3.16. The van der Waals surface area contributed by atoms with Gasteiger partial charge in [-0.3, -0.25) is 0 Å². The SMILES string of the molecule is NCCCCCCCC(N)=C=O.O.O.O.O.O. The number of hydrogen-bond acceptors (Lipinski definition) is 3. The Kier molecular flexibility index (Phi) is 62.3. The second-order valence-electron chi connectivity index (χ2n) is 2.93. The van der Waals surface area contributed by atoms with Crippen molar-refractivity contribution in [3.8, 4) is 0 Å². The highest BCUT2D eigenvalue weighted by Crippen LogP contribution is 2.06. The molecule has 0 aromatic carbocycles. The Balaban J connectivity index is -0.0000000605. The molecule has 0 unspecified atom stereocenters. The van der Waals surface area contributed by atoms with Gasteiger partial charge in [0, 0.05) is 0 Å². The van der Waals surface area contributed by atoms with E-state index in [-0.39, 0.29) is 27.4 Å². The molecule has 0 saturated carbocycles. The average molecular weight is 260 g/mol. The van der Waals surface area contributed by atoms with Gasteiger partial charge in [-0.05, 0) is 25.8 Å². The Hall–Kier alpha value is -0.990. The molecule has 0 aliphatic rings. The highest BCUT2D eigenvalue weighted by atomic mass is 16.1. The van der Waals surface area contributed by atoms with Crippen LogP contribution in [0.25, 0.3) is 0 Å². The molecule has 0 fully saturated rings. The summed E-state index contributed by atoms with van der Waals surface area (Å²) in [5, 5.41) is 0. The summed E-state index contributed by atoms with van der Waals surface area (Å²) in [6.07, 6.45) is 6.27. The first-order valence-electron chi connectivity index (χ1n) is 4.50. The second-order valence-corrected chi connectivity index (χ2v) is 2.93. The summed E-state index contributed by atoms with van der Waals surface area (Å²) in [4.78, 5) is 9.97. The third kappa shape index (κ3) is 31.3. The first kappa shape index (κ1) is 36.0. The smallest absolute Gasteiger partial charge is 0.145 e. The van der Waals surface area contributed by atoms with Crippen molar-refractivity contribution in [2.75, 3.05) is 6.54 Å². The summed E-state index contributed by atoms with van der Waals surface area (Å²) < 4.78 is 0. The highest BCUT2D eigenvalue weighted by Gasteiger charge is 1.92. The van der Waals surface area contributed by atoms with Gasteiger partial charge < -0.3 is 38.8 Å². The maximum Gasteiger partial charge on any atom is 0.145 e. The van der Waals surface area contributed by atoms with Gasteiger partial charge in [0.15, 0.2) is 0 Å². The maximum absolute atomic E-state index is 9.97. The molecule has 14 N–H and O–H groups in total. The summed E-state index contributed by atoms with van der Waals surface area (Å²) in [7, 11) is 0. The van der Waals surface area contributed by atoms with Crippen LogP contribution in [0.2, 0.25) is 0 Å². The molecule has 0 aliphatic heterocycles. The molecule has 0 rings (SSSR count). The molecule has 0 radical (unpaired) electrons. The minimum atomic E-state index is 0. The number of carbonyl (C=O) groups excluding carboxylic acids is 1. The Morgan fingerprint density at radius 2 is 1.24 bits per heavy atom. The topological polar surface area (TPSA) is 227 Å². The number of nitrogens with two attached hydrogens (primary N) is 2. The van der Waals surface area contributed by atoms with Crippen molar-refractivity contribution in [2.24, 2.45) is 11.5 Å². The van der Waals surface area contributed by atoms with Crippen LogP contribution in [-0.4, -0.2) is 39.9 Å². The molecular formula is C9H28N2O6. The molecule has 0 heterocycles. The zero-order valence-corrected chi connectivity index (χ0v) is 10.0. The molecule has 0 saturated heterocycles. The molecule has 0 aliphatic carbocycles. The van der Waals surface area contributed by atoms with Crippen LogP contribution in [0, 0.1) is 0 Å². The van der Waals surface area contributed by atoms with Gasteiger partial charge in [-0.2, -0.15) is 0 Å². The van der Waals surface area contributed by atoms with Crippen molar-refractivity contribution in [2.45, 2.75) is 38.5 Å². The Morgan fingerprint density at radius 3 is 1.65 bits per heavy atom. The molecule has 0 atom stereocenters. The summed E-state index contributed by atoms with van der Waals surface area (Å²) in [5.41, 5.74) is 11.0. The van der Waals surface area contributed by atoms with E-state index in [9.17, 15) is 4.79 Å². The quantitative estimate of drug-likeness (QED) is 0.357. The molecule has 17 heavy (non-hydrogen) atoms. The van der Waals surface area contributed by atoms with Crippen molar-refractivity contribution in [3.63, 3.8) is 0 Å². The van der Waals surface area contributed by atoms with Crippen LogP contribution >= 0.6 is 0 Å². The summed E-state index contributed by atoms with van der Waals surface area (Å²) >= 11 is 0. The van der Waals surface area contributed by atoms with E-state index in [1.807, 2.05) is 0 Å². The molecule has 110 valence electrons. The normalized spacial score (nSPS) is 6.65. The van der Waals surface area contributed by atoms with Crippen molar-refractivity contribution in [1.29, 1.82) is 0 Å². The van der Waals surface area contributed by atoms with Crippen LogP contribution in [0.3, 0.4) is 0 Å². The summed E-state index contributed by atoms with van der Waals surface area (Å²) in [6.45, 7) is 0.774. The van der Waals surface area contributed by atoms with Gasteiger partial charge in [-0.25, -0.2) is 4.79 Å². The van der Waals surface area contributed by atoms with Crippen molar-refractivity contribution >= 4 is 5.94 Å². The molecular weight excluding hydrogens is 232 g/mol. The standard InChI is InChI=1S/C9H18N2O.5H2O/c10-7-5-3-1-2-4-6-9(11)8-12;;;;;/h1-7,10-11H2;5*1H2. The molecule has 0 aromatic heterocycles. The van der Waals surface area contributed by atoms with Gasteiger partial charge >= 0.3 is 0 Å². The van der Waals surface area contributed by atoms with Gasteiger partial charge in [0.2, 0.25) is 0 Å².